The van der Waals surface area contributed by atoms with Crippen molar-refractivity contribution in [1.82, 2.24) is 10.2 Å². The number of amides is 2. The van der Waals surface area contributed by atoms with Gasteiger partial charge in [0, 0.05) is 13.1 Å². The maximum atomic E-state index is 12.3. The highest BCUT2D eigenvalue weighted by Gasteiger charge is 2.23. The summed E-state index contributed by atoms with van der Waals surface area (Å²) in [5, 5.41) is 2.72. The molecule has 23 heavy (non-hydrogen) atoms. The molecule has 2 rings (SSSR count). The Bertz CT molecular complexity index is 565. The first kappa shape index (κ1) is 17.3. The number of piperidine rings is 1. The van der Waals surface area contributed by atoms with Crippen molar-refractivity contribution >= 4 is 11.8 Å². The van der Waals surface area contributed by atoms with Crippen molar-refractivity contribution in [2.24, 2.45) is 0 Å². The lowest BCUT2D eigenvalue weighted by atomic mass is 10.1. The molecule has 0 aliphatic carbocycles. The standard InChI is InChI=1S/C18H26N2O3/c1-13-7-8-16(11-14(13)2)23-12-17(21)19-15(3)18(22)20-9-5-4-6-10-20/h7-8,11,15H,4-6,9-10,12H2,1-3H3,(H,19,21). The van der Waals surface area contributed by atoms with Crippen LogP contribution in [0.5, 0.6) is 5.75 Å². The summed E-state index contributed by atoms with van der Waals surface area (Å²) in [6, 6.07) is 5.21. The van der Waals surface area contributed by atoms with E-state index in [-0.39, 0.29) is 18.4 Å². The molecule has 1 aliphatic rings. The van der Waals surface area contributed by atoms with E-state index in [1.807, 2.05) is 36.9 Å². The van der Waals surface area contributed by atoms with Crippen molar-refractivity contribution in [1.29, 1.82) is 0 Å². The molecule has 1 aromatic rings. The highest BCUT2D eigenvalue weighted by molar-refractivity contribution is 5.87. The van der Waals surface area contributed by atoms with Crippen molar-refractivity contribution in [3.8, 4) is 5.75 Å². The number of carbonyl (C=O) groups excluding carboxylic acids is 2. The number of aryl methyl sites for hydroxylation is 2. The zero-order chi connectivity index (χ0) is 16.8. The summed E-state index contributed by atoms with van der Waals surface area (Å²) in [5.74, 6) is 0.378. The summed E-state index contributed by atoms with van der Waals surface area (Å²) in [6.45, 7) is 7.25. The molecule has 1 saturated heterocycles. The van der Waals surface area contributed by atoms with E-state index >= 15 is 0 Å². The third-order valence-corrected chi connectivity index (χ3v) is 4.26. The van der Waals surface area contributed by atoms with E-state index in [1.165, 1.54) is 12.0 Å². The number of nitrogens with zero attached hydrogens (tertiary/aromatic N) is 1. The fourth-order valence-corrected chi connectivity index (χ4v) is 2.69. The van der Waals surface area contributed by atoms with Gasteiger partial charge in [0.05, 0.1) is 0 Å². The van der Waals surface area contributed by atoms with Crippen LogP contribution in [0.1, 0.15) is 37.3 Å². The zero-order valence-corrected chi connectivity index (χ0v) is 14.2. The van der Waals surface area contributed by atoms with E-state index in [9.17, 15) is 9.59 Å². The lowest BCUT2D eigenvalue weighted by Crippen LogP contribution is -2.49. The Morgan fingerprint density at radius 1 is 1.17 bits per heavy atom. The second-order valence-electron chi connectivity index (χ2n) is 6.21. The highest BCUT2D eigenvalue weighted by atomic mass is 16.5. The molecule has 1 N–H and O–H groups in total. The molecule has 1 fully saturated rings. The first-order valence-electron chi connectivity index (χ1n) is 8.25. The van der Waals surface area contributed by atoms with Gasteiger partial charge in [-0.25, -0.2) is 0 Å². The number of hydrogen-bond acceptors (Lipinski definition) is 3. The van der Waals surface area contributed by atoms with Gasteiger partial charge in [-0.05, 0) is 63.3 Å². The Balaban J connectivity index is 1.79. The van der Waals surface area contributed by atoms with Crippen LogP contribution in [0.2, 0.25) is 0 Å². The van der Waals surface area contributed by atoms with Crippen LogP contribution < -0.4 is 10.1 Å². The van der Waals surface area contributed by atoms with Crippen molar-refractivity contribution in [2.45, 2.75) is 46.1 Å². The van der Waals surface area contributed by atoms with E-state index in [0.717, 1.165) is 31.5 Å². The third kappa shape index (κ3) is 4.98. The van der Waals surface area contributed by atoms with E-state index in [1.54, 1.807) is 6.92 Å². The van der Waals surface area contributed by atoms with Crippen LogP contribution in [0, 0.1) is 13.8 Å². The van der Waals surface area contributed by atoms with Crippen molar-refractivity contribution < 1.29 is 14.3 Å². The maximum absolute atomic E-state index is 12.3. The van der Waals surface area contributed by atoms with Gasteiger partial charge in [-0.1, -0.05) is 6.07 Å². The van der Waals surface area contributed by atoms with Gasteiger partial charge in [0.1, 0.15) is 11.8 Å². The maximum Gasteiger partial charge on any atom is 0.258 e. The van der Waals surface area contributed by atoms with Gasteiger partial charge >= 0.3 is 0 Å². The number of hydrogen-bond donors (Lipinski definition) is 1. The van der Waals surface area contributed by atoms with Crippen LogP contribution in [0.25, 0.3) is 0 Å². The number of ether oxygens (including phenoxy) is 1. The van der Waals surface area contributed by atoms with Crippen molar-refractivity contribution in [3.05, 3.63) is 29.3 Å². The van der Waals surface area contributed by atoms with E-state index in [4.69, 9.17) is 4.74 Å². The quantitative estimate of drug-likeness (QED) is 0.905. The van der Waals surface area contributed by atoms with Gasteiger partial charge in [0.25, 0.3) is 5.91 Å². The van der Waals surface area contributed by atoms with Crippen LogP contribution in [-0.4, -0.2) is 42.5 Å². The Kier molecular flexibility index (Phi) is 6.02. The first-order chi connectivity index (χ1) is 11.0. The summed E-state index contributed by atoms with van der Waals surface area (Å²) in [5.41, 5.74) is 2.30. The molecule has 0 radical (unpaired) electrons. The van der Waals surface area contributed by atoms with Gasteiger partial charge in [-0.2, -0.15) is 0 Å². The van der Waals surface area contributed by atoms with Crippen LogP contribution in [0.4, 0.5) is 0 Å². The Morgan fingerprint density at radius 3 is 2.52 bits per heavy atom. The van der Waals surface area contributed by atoms with E-state index in [2.05, 4.69) is 5.32 Å². The Morgan fingerprint density at radius 2 is 1.87 bits per heavy atom. The molecule has 2 amide bonds. The normalized spacial score (nSPS) is 15.9. The second-order valence-corrected chi connectivity index (χ2v) is 6.21. The lowest BCUT2D eigenvalue weighted by Gasteiger charge is -2.29. The molecule has 0 spiro atoms. The van der Waals surface area contributed by atoms with Gasteiger partial charge < -0.3 is 15.0 Å². The smallest absolute Gasteiger partial charge is 0.258 e. The van der Waals surface area contributed by atoms with Crippen molar-refractivity contribution in [3.63, 3.8) is 0 Å². The number of nitrogens with one attached hydrogen (secondary N) is 1. The summed E-state index contributed by atoms with van der Waals surface area (Å²) >= 11 is 0. The number of carbonyl (C=O) groups is 2. The van der Waals surface area contributed by atoms with Gasteiger partial charge in [-0.3, -0.25) is 9.59 Å². The highest BCUT2D eigenvalue weighted by Crippen LogP contribution is 2.16. The lowest BCUT2D eigenvalue weighted by molar-refractivity contribution is -0.137. The minimum atomic E-state index is -0.510. The molecule has 1 atom stereocenters. The van der Waals surface area contributed by atoms with Gasteiger partial charge in [0.2, 0.25) is 5.91 Å². The van der Waals surface area contributed by atoms with Crippen LogP contribution >= 0.6 is 0 Å². The molecule has 5 nitrogen and oxygen atoms in total. The zero-order valence-electron chi connectivity index (χ0n) is 14.2. The molecule has 1 aromatic carbocycles. The Hall–Kier alpha value is -2.04. The number of rotatable bonds is 5. The minimum Gasteiger partial charge on any atom is -0.484 e. The summed E-state index contributed by atoms with van der Waals surface area (Å²) in [6.07, 6.45) is 3.26. The van der Waals surface area contributed by atoms with E-state index < -0.39 is 6.04 Å². The molecular weight excluding hydrogens is 292 g/mol. The fourth-order valence-electron chi connectivity index (χ4n) is 2.69. The largest absolute Gasteiger partial charge is 0.484 e. The number of likely N-dealkylation sites (tertiary alicyclic amines) is 1. The predicted molar refractivity (Wildman–Crippen MR) is 89.4 cm³/mol. The van der Waals surface area contributed by atoms with Crippen LogP contribution in [0.3, 0.4) is 0 Å². The average molecular weight is 318 g/mol. The summed E-state index contributed by atoms with van der Waals surface area (Å²) in [4.78, 5) is 26.1. The minimum absolute atomic E-state index is 0.00997. The van der Waals surface area contributed by atoms with Gasteiger partial charge in [0.15, 0.2) is 6.61 Å². The van der Waals surface area contributed by atoms with Crippen LogP contribution in [-0.2, 0) is 9.59 Å². The molecule has 1 unspecified atom stereocenters. The second kappa shape index (κ2) is 7.99. The molecule has 126 valence electrons. The third-order valence-electron chi connectivity index (χ3n) is 4.26. The topological polar surface area (TPSA) is 58.6 Å². The predicted octanol–water partition coefficient (Wildman–Crippen LogP) is 2.20. The van der Waals surface area contributed by atoms with Crippen LogP contribution in [0.15, 0.2) is 18.2 Å². The summed E-state index contributed by atoms with van der Waals surface area (Å²) in [7, 11) is 0. The van der Waals surface area contributed by atoms with Gasteiger partial charge in [-0.15, -0.1) is 0 Å². The molecule has 0 bridgehead atoms. The molecule has 1 heterocycles. The number of benzene rings is 1. The molecule has 0 saturated carbocycles. The fraction of sp³-hybridized carbons (Fsp3) is 0.556. The molecule has 0 aromatic heterocycles. The van der Waals surface area contributed by atoms with E-state index in [0.29, 0.717) is 5.75 Å². The SMILES string of the molecule is Cc1ccc(OCC(=O)NC(C)C(=O)N2CCCCC2)cc1C. The Labute approximate surface area is 138 Å². The summed E-state index contributed by atoms with van der Waals surface area (Å²) < 4.78 is 5.49. The molecule has 1 aliphatic heterocycles. The average Bonchev–Trinajstić information content (AvgIpc) is 2.56. The molecular formula is C18H26N2O3. The monoisotopic (exact) mass is 318 g/mol. The van der Waals surface area contributed by atoms with Crippen molar-refractivity contribution in [2.75, 3.05) is 19.7 Å². The first-order valence-corrected chi connectivity index (χ1v) is 8.25. The molecule has 5 heteroatoms.